The molecule has 132 valence electrons. The molecule has 0 radical (unpaired) electrons. The van der Waals surface area contributed by atoms with Gasteiger partial charge >= 0.3 is 12.1 Å². The maximum Gasteiger partial charge on any atom is 0.411 e. The molecule has 0 aliphatic rings. The fraction of sp³-hybridized carbons (Fsp3) is 0.176. The van der Waals surface area contributed by atoms with Crippen molar-refractivity contribution in [3.05, 3.63) is 59.2 Å². The Morgan fingerprint density at radius 1 is 1.08 bits per heavy atom. The summed E-state index contributed by atoms with van der Waals surface area (Å²) in [5.41, 5.74) is 0.0640. The van der Waals surface area contributed by atoms with Gasteiger partial charge in [-0.15, -0.1) is 0 Å². The van der Waals surface area contributed by atoms with Crippen molar-refractivity contribution >= 4 is 17.7 Å². The number of esters is 1. The molecule has 0 fully saturated rings. The quantitative estimate of drug-likeness (QED) is 0.835. The van der Waals surface area contributed by atoms with Gasteiger partial charge in [0, 0.05) is 6.07 Å². The van der Waals surface area contributed by atoms with E-state index in [1.807, 2.05) is 0 Å². The molecule has 0 atom stereocenters. The van der Waals surface area contributed by atoms with Crippen molar-refractivity contribution in [2.24, 2.45) is 0 Å². The maximum absolute atomic E-state index is 13.4. The molecule has 0 saturated heterocycles. The average Bonchev–Trinajstić information content (AvgIpc) is 2.62. The first-order valence-corrected chi connectivity index (χ1v) is 7.08. The SMILES string of the molecule is COC(=O)c1cc(F)c(F)cc1NC(=O)OCc1cccc(OC)c1. The first kappa shape index (κ1) is 18.2. The number of methoxy groups -OCH3 is 2. The number of carbonyl (C=O) groups is 2. The van der Waals surface area contributed by atoms with Crippen LogP contribution in [0.2, 0.25) is 0 Å². The van der Waals surface area contributed by atoms with Crippen molar-refractivity contribution in [3.63, 3.8) is 0 Å². The molecule has 2 aromatic carbocycles. The summed E-state index contributed by atoms with van der Waals surface area (Å²) in [6.07, 6.45) is -0.945. The molecule has 1 amide bonds. The molecule has 0 aromatic heterocycles. The standard InChI is InChI=1S/C17H15F2NO5/c1-23-11-5-3-4-10(6-11)9-25-17(22)20-15-8-14(19)13(18)7-12(15)16(21)24-2/h3-8H,9H2,1-2H3,(H,20,22). The second-order valence-electron chi connectivity index (χ2n) is 4.86. The number of nitrogens with one attached hydrogen (secondary N) is 1. The predicted molar refractivity (Wildman–Crippen MR) is 84.5 cm³/mol. The van der Waals surface area contributed by atoms with Gasteiger partial charge in [0.2, 0.25) is 0 Å². The van der Waals surface area contributed by atoms with E-state index in [4.69, 9.17) is 9.47 Å². The lowest BCUT2D eigenvalue weighted by atomic mass is 10.1. The largest absolute Gasteiger partial charge is 0.497 e. The third kappa shape index (κ3) is 4.66. The van der Waals surface area contributed by atoms with E-state index in [0.717, 1.165) is 7.11 Å². The second kappa shape index (κ2) is 8.09. The Kier molecular flexibility index (Phi) is 5.89. The molecular formula is C17H15F2NO5. The van der Waals surface area contributed by atoms with Crippen LogP contribution < -0.4 is 10.1 Å². The highest BCUT2D eigenvalue weighted by Crippen LogP contribution is 2.21. The molecule has 0 spiro atoms. The molecular weight excluding hydrogens is 336 g/mol. The van der Waals surface area contributed by atoms with Gasteiger partial charge in [-0.2, -0.15) is 0 Å². The van der Waals surface area contributed by atoms with Crippen LogP contribution in [-0.4, -0.2) is 26.3 Å². The number of benzene rings is 2. The summed E-state index contributed by atoms with van der Waals surface area (Å²) in [6, 6.07) is 8.15. The number of hydrogen-bond acceptors (Lipinski definition) is 5. The average molecular weight is 351 g/mol. The van der Waals surface area contributed by atoms with E-state index in [1.165, 1.54) is 7.11 Å². The fourth-order valence-electron chi connectivity index (χ4n) is 1.99. The number of anilines is 1. The van der Waals surface area contributed by atoms with Crippen LogP contribution in [0.25, 0.3) is 0 Å². The summed E-state index contributed by atoms with van der Waals surface area (Å²) < 4.78 is 41.2. The molecule has 1 N–H and O–H groups in total. The Balaban J connectivity index is 2.09. The monoisotopic (exact) mass is 351 g/mol. The van der Waals surface area contributed by atoms with Gasteiger partial charge in [0.1, 0.15) is 12.4 Å². The van der Waals surface area contributed by atoms with Gasteiger partial charge < -0.3 is 14.2 Å². The van der Waals surface area contributed by atoms with E-state index in [-0.39, 0.29) is 17.9 Å². The van der Waals surface area contributed by atoms with E-state index in [0.29, 0.717) is 23.4 Å². The summed E-state index contributed by atoms with van der Waals surface area (Å²) in [7, 11) is 2.58. The summed E-state index contributed by atoms with van der Waals surface area (Å²) in [4.78, 5) is 23.5. The molecule has 0 aliphatic carbocycles. The van der Waals surface area contributed by atoms with Crippen molar-refractivity contribution in [2.75, 3.05) is 19.5 Å². The molecule has 0 saturated carbocycles. The Labute approximate surface area is 142 Å². The third-order valence-corrected chi connectivity index (χ3v) is 3.21. The maximum atomic E-state index is 13.4. The minimum atomic E-state index is -1.24. The lowest BCUT2D eigenvalue weighted by molar-refractivity contribution is 0.0601. The van der Waals surface area contributed by atoms with E-state index in [9.17, 15) is 18.4 Å². The molecule has 6 nitrogen and oxygen atoms in total. The van der Waals surface area contributed by atoms with Gasteiger partial charge in [0.25, 0.3) is 0 Å². The highest BCUT2D eigenvalue weighted by Gasteiger charge is 2.18. The third-order valence-electron chi connectivity index (χ3n) is 3.21. The molecule has 0 aliphatic heterocycles. The van der Waals surface area contributed by atoms with E-state index in [2.05, 4.69) is 10.1 Å². The van der Waals surface area contributed by atoms with Gasteiger partial charge in [-0.3, -0.25) is 5.32 Å². The minimum absolute atomic E-state index is 0.0831. The smallest absolute Gasteiger partial charge is 0.411 e. The minimum Gasteiger partial charge on any atom is -0.497 e. The lowest BCUT2D eigenvalue weighted by Gasteiger charge is -2.11. The highest BCUT2D eigenvalue weighted by atomic mass is 19.2. The number of carbonyl (C=O) groups excluding carboxylic acids is 2. The highest BCUT2D eigenvalue weighted by molar-refractivity contribution is 5.99. The predicted octanol–water partition coefficient (Wildman–Crippen LogP) is 3.51. The lowest BCUT2D eigenvalue weighted by Crippen LogP contribution is -2.17. The van der Waals surface area contributed by atoms with Gasteiger partial charge in [-0.25, -0.2) is 18.4 Å². The molecule has 0 bridgehead atoms. The zero-order chi connectivity index (χ0) is 18.4. The van der Waals surface area contributed by atoms with Crippen LogP contribution in [0.15, 0.2) is 36.4 Å². The fourth-order valence-corrected chi connectivity index (χ4v) is 1.99. The Hall–Kier alpha value is -3.16. The zero-order valence-corrected chi connectivity index (χ0v) is 13.5. The Morgan fingerprint density at radius 2 is 1.80 bits per heavy atom. The molecule has 0 unspecified atom stereocenters. The number of ether oxygens (including phenoxy) is 3. The number of rotatable bonds is 5. The van der Waals surface area contributed by atoms with Crippen LogP contribution in [0.5, 0.6) is 5.75 Å². The van der Waals surface area contributed by atoms with Crippen molar-refractivity contribution < 1.29 is 32.6 Å². The van der Waals surface area contributed by atoms with E-state index < -0.39 is 23.7 Å². The molecule has 8 heteroatoms. The van der Waals surface area contributed by atoms with Crippen LogP contribution in [-0.2, 0) is 16.1 Å². The van der Waals surface area contributed by atoms with Crippen molar-refractivity contribution in [2.45, 2.75) is 6.61 Å². The summed E-state index contributed by atoms with van der Waals surface area (Å²) in [6.45, 7) is -0.0831. The van der Waals surface area contributed by atoms with E-state index in [1.54, 1.807) is 24.3 Å². The van der Waals surface area contributed by atoms with Crippen LogP contribution in [0.4, 0.5) is 19.3 Å². The van der Waals surface area contributed by atoms with Crippen LogP contribution in [0.3, 0.4) is 0 Å². The summed E-state index contributed by atoms with van der Waals surface area (Å²) in [5.74, 6) is -2.80. The summed E-state index contributed by atoms with van der Waals surface area (Å²) >= 11 is 0. The summed E-state index contributed by atoms with van der Waals surface area (Å²) in [5, 5.41) is 2.19. The van der Waals surface area contributed by atoms with Gasteiger partial charge in [-0.05, 0) is 23.8 Å². The van der Waals surface area contributed by atoms with Gasteiger partial charge in [-0.1, -0.05) is 12.1 Å². The van der Waals surface area contributed by atoms with Crippen molar-refractivity contribution in [3.8, 4) is 5.75 Å². The van der Waals surface area contributed by atoms with E-state index >= 15 is 0 Å². The normalized spacial score (nSPS) is 10.1. The second-order valence-corrected chi connectivity index (χ2v) is 4.86. The van der Waals surface area contributed by atoms with Crippen molar-refractivity contribution in [1.82, 2.24) is 0 Å². The topological polar surface area (TPSA) is 73.9 Å². The van der Waals surface area contributed by atoms with Crippen LogP contribution >= 0.6 is 0 Å². The Morgan fingerprint density at radius 3 is 2.48 bits per heavy atom. The van der Waals surface area contributed by atoms with Crippen molar-refractivity contribution in [1.29, 1.82) is 0 Å². The van der Waals surface area contributed by atoms with Crippen LogP contribution in [0.1, 0.15) is 15.9 Å². The Bertz CT molecular complexity index is 795. The first-order chi connectivity index (χ1) is 11.9. The number of halogens is 2. The van der Waals surface area contributed by atoms with Gasteiger partial charge in [0.05, 0.1) is 25.5 Å². The zero-order valence-electron chi connectivity index (χ0n) is 13.5. The number of hydrogen-bond donors (Lipinski definition) is 1. The molecule has 25 heavy (non-hydrogen) atoms. The molecule has 2 rings (SSSR count). The number of amides is 1. The van der Waals surface area contributed by atoms with Crippen LogP contribution in [0, 0.1) is 11.6 Å². The molecule has 0 heterocycles. The molecule has 2 aromatic rings. The first-order valence-electron chi connectivity index (χ1n) is 7.08. The van der Waals surface area contributed by atoms with Gasteiger partial charge in [0.15, 0.2) is 11.6 Å².